The van der Waals surface area contributed by atoms with Gasteiger partial charge in [0.1, 0.15) is 5.82 Å². The van der Waals surface area contributed by atoms with Crippen LogP contribution in [0.1, 0.15) is 17.2 Å². The molecule has 1 unspecified atom stereocenters. The number of halogens is 1. The minimum absolute atomic E-state index is 0.00699. The van der Waals surface area contributed by atoms with Crippen LogP contribution in [0.25, 0.3) is 6.08 Å². The third-order valence-corrected chi connectivity index (χ3v) is 4.77. The molecule has 0 spiro atoms. The quantitative estimate of drug-likeness (QED) is 0.732. The van der Waals surface area contributed by atoms with Crippen molar-refractivity contribution in [1.82, 2.24) is 9.80 Å². The van der Waals surface area contributed by atoms with Crippen molar-refractivity contribution in [1.29, 1.82) is 0 Å². The Kier molecular flexibility index (Phi) is 6.24. The summed E-state index contributed by atoms with van der Waals surface area (Å²) < 4.78 is 13.4. The molecule has 0 saturated carbocycles. The molecule has 29 heavy (non-hydrogen) atoms. The highest BCUT2D eigenvalue weighted by molar-refractivity contribution is 6.14. The van der Waals surface area contributed by atoms with Crippen LogP contribution in [0, 0.1) is 5.82 Å². The van der Waals surface area contributed by atoms with Crippen molar-refractivity contribution in [3.05, 3.63) is 88.9 Å². The third-order valence-electron chi connectivity index (χ3n) is 4.77. The fourth-order valence-corrected chi connectivity index (χ4v) is 3.26. The summed E-state index contributed by atoms with van der Waals surface area (Å²) in [5.41, 5.74) is 1.40. The number of likely N-dealkylation sites (N-methyl/N-ethyl adjacent to an activating group) is 1. The van der Waals surface area contributed by atoms with Crippen LogP contribution in [-0.2, 0) is 9.59 Å². The van der Waals surface area contributed by atoms with Crippen LogP contribution in [0.4, 0.5) is 4.39 Å². The molecule has 5 nitrogen and oxygen atoms in total. The van der Waals surface area contributed by atoms with Gasteiger partial charge in [-0.2, -0.15) is 0 Å². The number of hydrogen-bond acceptors (Lipinski definition) is 4. The first kappa shape index (κ1) is 20.5. The molecule has 1 aliphatic rings. The number of aliphatic hydroxyl groups excluding tert-OH is 1. The van der Waals surface area contributed by atoms with Crippen LogP contribution in [0.2, 0.25) is 0 Å². The lowest BCUT2D eigenvalue weighted by Gasteiger charge is -2.27. The highest BCUT2D eigenvalue weighted by Gasteiger charge is 2.42. The number of hydrogen-bond donors (Lipinski definition) is 1. The summed E-state index contributed by atoms with van der Waals surface area (Å²) in [6.07, 6.45) is 2.98. The molecule has 1 amide bonds. The molecule has 0 saturated heterocycles. The van der Waals surface area contributed by atoms with E-state index in [2.05, 4.69) is 0 Å². The monoisotopic (exact) mass is 394 g/mol. The molecule has 1 aliphatic heterocycles. The van der Waals surface area contributed by atoms with Crippen molar-refractivity contribution in [3.63, 3.8) is 0 Å². The van der Waals surface area contributed by atoms with Gasteiger partial charge in [-0.25, -0.2) is 4.39 Å². The molecule has 2 aromatic carbocycles. The molecule has 150 valence electrons. The largest absolute Gasteiger partial charge is 0.503 e. The van der Waals surface area contributed by atoms with E-state index in [0.29, 0.717) is 18.7 Å². The van der Waals surface area contributed by atoms with Gasteiger partial charge in [-0.05, 0) is 43.4 Å². The van der Waals surface area contributed by atoms with E-state index in [-0.39, 0.29) is 5.57 Å². The molecule has 1 N–H and O–H groups in total. The van der Waals surface area contributed by atoms with Gasteiger partial charge in [-0.1, -0.05) is 48.5 Å². The average Bonchev–Trinajstić information content (AvgIpc) is 2.96. The minimum Gasteiger partial charge on any atom is -0.503 e. The van der Waals surface area contributed by atoms with Crippen LogP contribution >= 0.6 is 0 Å². The van der Waals surface area contributed by atoms with Gasteiger partial charge in [-0.15, -0.1) is 0 Å². The second kappa shape index (κ2) is 8.84. The van der Waals surface area contributed by atoms with Crippen LogP contribution in [0.15, 0.2) is 72.0 Å². The topological polar surface area (TPSA) is 60.9 Å². The fourth-order valence-electron chi connectivity index (χ4n) is 3.26. The summed E-state index contributed by atoms with van der Waals surface area (Å²) in [6.45, 7) is 0.870. The summed E-state index contributed by atoms with van der Waals surface area (Å²) in [5, 5.41) is 10.5. The number of nitrogens with zero attached hydrogens (tertiary/aromatic N) is 2. The van der Waals surface area contributed by atoms with Crippen molar-refractivity contribution in [2.75, 3.05) is 27.2 Å². The lowest BCUT2D eigenvalue weighted by atomic mass is 9.95. The van der Waals surface area contributed by atoms with Gasteiger partial charge in [0.25, 0.3) is 5.91 Å². The number of ketones is 1. The smallest absolute Gasteiger partial charge is 0.290 e. The van der Waals surface area contributed by atoms with Crippen molar-refractivity contribution >= 4 is 17.8 Å². The zero-order valence-corrected chi connectivity index (χ0v) is 16.4. The van der Waals surface area contributed by atoms with E-state index in [1.807, 2.05) is 49.3 Å². The second-order valence-corrected chi connectivity index (χ2v) is 7.13. The lowest BCUT2D eigenvalue weighted by molar-refractivity contribution is -0.129. The van der Waals surface area contributed by atoms with Gasteiger partial charge >= 0.3 is 0 Å². The molecule has 0 radical (unpaired) electrons. The van der Waals surface area contributed by atoms with Gasteiger partial charge in [-0.3, -0.25) is 9.59 Å². The summed E-state index contributed by atoms with van der Waals surface area (Å²) in [4.78, 5) is 29.0. The lowest BCUT2D eigenvalue weighted by Crippen LogP contribution is -2.36. The number of allylic oxidation sites excluding steroid dienone is 1. The summed E-state index contributed by atoms with van der Waals surface area (Å²) >= 11 is 0. The van der Waals surface area contributed by atoms with Gasteiger partial charge in [0.05, 0.1) is 11.6 Å². The molecule has 1 heterocycles. The Hall–Kier alpha value is -3.25. The summed E-state index contributed by atoms with van der Waals surface area (Å²) in [5.74, 6) is -2.03. The molecule has 3 rings (SSSR count). The minimum atomic E-state index is -0.768. The van der Waals surface area contributed by atoms with Crippen molar-refractivity contribution in [3.8, 4) is 0 Å². The van der Waals surface area contributed by atoms with E-state index in [9.17, 15) is 19.1 Å². The van der Waals surface area contributed by atoms with Gasteiger partial charge in [0, 0.05) is 13.1 Å². The van der Waals surface area contributed by atoms with E-state index in [1.165, 1.54) is 35.2 Å². The first-order chi connectivity index (χ1) is 13.9. The standard InChI is InChI=1S/C23H23FN2O3/c1-25(2)14-15-26-21(17-9-11-18(24)12-10-17)20(22(28)23(26)29)19(27)13-8-16-6-4-3-5-7-16/h3-13,21,28H,14-15H2,1-2H3. The predicted molar refractivity (Wildman–Crippen MR) is 110 cm³/mol. The van der Waals surface area contributed by atoms with Gasteiger partial charge in [0.2, 0.25) is 0 Å². The maximum Gasteiger partial charge on any atom is 0.290 e. The third kappa shape index (κ3) is 4.60. The Morgan fingerprint density at radius 2 is 1.79 bits per heavy atom. The Labute approximate surface area is 169 Å². The molecule has 0 aliphatic carbocycles. The van der Waals surface area contributed by atoms with Crippen molar-refractivity contribution in [2.24, 2.45) is 0 Å². The summed E-state index contributed by atoms with van der Waals surface area (Å²) in [7, 11) is 3.74. The maximum atomic E-state index is 13.4. The number of benzene rings is 2. The fraction of sp³-hybridized carbons (Fsp3) is 0.217. The van der Waals surface area contributed by atoms with Gasteiger partial charge in [0.15, 0.2) is 11.5 Å². The Morgan fingerprint density at radius 3 is 2.41 bits per heavy atom. The van der Waals surface area contributed by atoms with E-state index in [4.69, 9.17) is 0 Å². The Morgan fingerprint density at radius 1 is 1.14 bits per heavy atom. The molecule has 0 aromatic heterocycles. The molecule has 0 fully saturated rings. The predicted octanol–water partition coefficient (Wildman–Crippen LogP) is 3.37. The first-order valence-corrected chi connectivity index (χ1v) is 9.30. The highest BCUT2D eigenvalue weighted by atomic mass is 19.1. The van der Waals surface area contributed by atoms with Crippen molar-refractivity contribution < 1.29 is 19.1 Å². The van der Waals surface area contributed by atoms with Crippen LogP contribution in [0.5, 0.6) is 0 Å². The zero-order valence-electron chi connectivity index (χ0n) is 16.4. The second-order valence-electron chi connectivity index (χ2n) is 7.13. The van der Waals surface area contributed by atoms with Crippen LogP contribution < -0.4 is 0 Å². The van der Waals surface area contributed by atoms with E-state index in [1.54, 1.807) is 6.08 Å². The maximum absolute atomic E-state index is 13.4. The zero-order chi connectivity index (χ0) is 21.0. The molecule has 6 heteroatoms. The van der Waals surface area contributed by atoms with E-state index < -0.39 is 29.3 Å². The highest BCUT2D eigenvalue weighted by Crippen LogP contribution is 2.37. The normalized spacial score (nSPS) is 17.0. The number of aliphatic hydroxyl groups is 1. The molecule has 1 atom stereocenters. The van der Waals surface area contributed by atoms with Crippen LogP contribution in [-0.4, -0.2) is 53.8 Å². The molecular weight excluding hydrogens is 371 g/mol. The Bertz CT molecular complexity index is 950. The Balaban J connectivity index is 1.97. The number of carbonyl (C=O) groups excluding carboxylic acids is 2. The summed E-state index contributed by atoms with van der Waals surface area (Å²) in [6, 6.07) is 14.1. The molecular formula is C23H23FN2O3. The SMILES string of the molecule is CN(C)CCN1C(=O)C(O)=C(C(=O)C=Cc2ccccc2)C1c1ccc(F)cc1. The first-order valence-electron chi connectivity index (χ1n) is 9.30. The van der Waals surface area contributed by atoms with Crippen LogP contribution in [0.3, 0.4) is 0 Å². The number of amides is 1. The number of rotatable bonds is 7. The van der Waals surface area contributed by atoms with Crippen molar-refractivity contribution in [2.45, 2.75) is 6.04 Å². The van der Waals surface area contributed by atoms with E-state index in [0.717, 1.165) is 5.56 Å². The molecule has 0 bridgehead atoms. The van der Waals surface area contributed by atoms with Gasteiger partial charge < -0.3 is 14.9 Å². The average molecular weight is 394 g/mol. The number of carbonyl (C=O) groups is 2. The van der Waals surface area contributed by atoms with E-state index >= 15 is 0 Å². The molecule has 2 aromatic rings.